The van der Waals surface area contributed by atoms with Crippen molar-refractivity contribution in [1.29, 1.82) is 0 Å². The number of hydrogen-bond acceptors (Lipinski definition) is 4. The van der Waals surface area contributed by atoms with Crippen molar-refractivity contribution < 1.29 is 9.90 Å². The number of nitrogens with zero attached hydrogens (tertiary/aromatic N) is 2. The number of rotatable bonds is 6. The number of nitrogens with one attached hydrogen (secondary N) is 2. The van der Waals surface area contributed by atoms with Crippen molar-refractivity contribution in [3.63, 3.8) is 0 Å². The summed E-state index contributed by atoms with van der Waals surface area (Å²) in [5.74, 6) is 5.09. The maximum atomic E-state index is 12.4. The van der Waals surface area contributed by atoms with Gasteiger partial charge in [0, 0.05) is 34.7 Å². The molecule has 1 amide bonds. The summed E-state index contributed by atoms with van der Waals surface area (Å²) in [4.78, 5) is 23.0. The highest BCUT2D eigenvalue weighted by molar-refractivity contribution is 6.22. The third-order valence-electron chi connectivity index (χ3n) is 7.20. The summed E-state index contributed by atoms with van der Waals surface area (Å²) in [7, 11) is 0. The van der Waals surface area contributed by atoms with Gasteiger partial charge < -0.3 is 15.4 Å². The van der Waals surface area contributed by atoms with Crippen LogP contribution in [0.5, 0.6) is 5.88 Å². The van der Waals surface area contributed by atoms with Crippen molar-refractivity contribution in [2.24, 2.45) is 4.99 Å². The summed E-state index contributed by atoms with van der Waals surface area (Å²) in [5, 5.41) is 14.7. The molecule has 1 aliphatic rings. The van der Waals surface area contributed by atoms with Gasteiger partial charge in [0.05, 0.1) is 22.5 Å². The third kappa shape index (κ3) is 6.22. The van der Waals surface area contributed by atoms with E-state index in [9.17, 15) is 9.90 Å². The first kappa shape index (κ1) is 26.1. The number of aromatic hydroxyl groups is 1. The van der Waals surface area contributed by atoms with Gasteiger partial charge in [0.15, 0.2) is 5.88 Å². The first-order valence-electron chi connectivity index (χ1n) is 13.8. The monoisotopic (exact) mass is 538 g/mol. The smallest absolute Gasteiger partial charge is 0.300 e. The minimum atomic E-state index is -0.413. The number of fused-ring (bicyclic) bond motifs is 1. The lowest BCUT2D eigenvalue weighted by atomic mass is 10.0. The van der Waals surface area contributed by atoms with Crippen LogP contribution in [0.25, 0.3) is 10.9 Å². The molecule has 1 saturated heterocycles. The predicted octanol–water partition coefficient (Wildman–Crippen LogP) is 6.63. The number of anilines is 1. The number of aliphatic imine (C=N–C) groups is 1. The second-order valence-electron chi connectivity index (χ2n) is 10.2. The largest absolute Gasteiger partial charge is 0.494 e. The molecule has 1 aromatic heterocycles. The number of aromatic amines is 1. The van der Waals surface area contributed by atoms with Crippen LogP contribution in [0.1, 0.15) is 35.1 Å². The second kappa shape index (κ2) is 12.0. The van der Waals surface area contributed by atoms with E-state index in [0.717, 1.165) is 41.8 Å². The van der Waals surface area contributed by atoms with Crippen molar-refractivity contribution in [1.82, 2.24) is 9.88 Å². The number of carbonyl (C=O) groups excluding carboxylic acids is 1. The van der Waals surface area contributed by atoms with Gasteiger partial charge in [-0.1, -0.05) is 66.6 Å². The molecular formula is C35H30N4O2. The second-order valence-corrected chi connectivity index (χ2v) is 10.2. The minimum Gasteiger partial charge on any atom is -0.494 e. The fourth-order valence-corrected chi connectivity index (χ4v) is 5.18. The zero-order valence-electron chi connectivity index (χ0n) is 22.6. The first-order valence-corrected chi connectivity index (χ1v) is 13.8. The Morgan fingerprint density at radius 3 is 2.34 bits per heavy atom. The molecule has 6 nitrogen and oxygen atoms in total. The maximum absolute atomic E-state index is 12.4. The topological polar surface area (TPSA) is 80.7 Å². The SMILES string of the molecule is O=C(C#Cc1ccccc1)Nc1ccc2c(C(=Nc3ccc(CN4CCCC4)cc3)c3ccccc3)c(O)[nH]c2c1. The maximum Gasteiger partial charge on any atom is 0.300 e. The first-order chi connectivity index (χ1) is 20.1. The van der Waals surface area contributed by atoms with E-state index in [-0.39, 0.29) is 5.88 Å². The Balaban J connectivity index is 1.30. The highest BCUT2D eigenvalue weighted by atomic mass is 16.3. The van der Waals surface area contributed by atoms with E-state index in [4.69, 9.17) is 4.99 Å². The van der Waals surface area contributed by atoms with Gasteiger partial charge in [-0.05, 0) is 74.0 Å². The van der Waals surface area contributed by atoms with E-state index in [1.165, 1.54) is 18.4 Å². The number of amides is 1. The van der Waals surface area contributed by atoms with E-state index < -0.39 is 5.91 Å². The highest BCUT2D eigenvalue weighted by Gasteiger charge is 2.19. The number of H-pyrrole nitrogens is 1. The van der Waals surface area contributed by atoms with Crippen LogP contribution in [0, 0.1) is 11.8 Å². The standard InChI is InChI=1S/C35H30N4O2/c40-32(20-15-25-9-3-1-4-10-25)36-29-18-19-30-31(23-29)38-35(41)33(30)34(27-11-5-2-6-12-27)37-28-16-13-26(14-17-28)24-39-21-7-8-22-39/h1-6,9-14,16-19,23,38,41H,7-8,21-22,24H2,(H,36,40). The molecule has 1 aliphatic heterocycles. The van der Waals surface area contributed by atoms with Crippen molar-refractivity contribution in [3.8, 4) is 17.7 Å². The van der Waals surface area contributed by atoms with Crippen LogP contribution >= 0.6 is 0 Å². The van der Waals surface area contributed by atoms with Gasteiger partial charge in [0.1, 0.15) is 0 Å². The Hall–Kier alpha value is -5.12. The Morgan fingerprint density at radius 2 is 1.61 bits per heavy atom. The van der Waals surface area contributed by atoms with Crippen molar-refractivity contribution in [3.05, 3.63) is 125 Å². The Kier molecular flexibility index (Phi) is 7.61. The molecule has 6 rings (SSSR count). The average Bonchev–Trinajstić information content (AvgIpc) is 3.63. The van der Waals surface area contributed by atoms with E-state index in [0.29, 0.717) is 22.5 Å². The summed E-state index contributed by atoms with van der Waals surface area (Å²) in [6.45, 7) is 3.27. The van der Waals surface area contributed by atoms with Crippen LogP contribution in [-0.2, 0) is 11.3 Å². The molecular weight excluding hydrogens is 508 g/mol. The molecule has 5 aromatic rings. The van der Waals surface area contributed by atoms with Gasteiger partial charge in [0.25, 0.3) is 0 Å². The zero-order valence-corrected chi connectivity index (χ0v) is 22.6. The fourth-order valence-electron chi connectivity index (χ4n) is 5.18. The van der Waals surface area contributed by atoms with Crippen LogP contribution in [0.15, 0.2) is 108 Å². The van der Waals surface area contributed by atoms with Crippen LogP contribution < -0.4 is 5.32 Å². The normalized spacial score (nSPS) is 13.6. The molecule has 3 N–H and O–H groups in total. The van der Waals surface area contributed by atoms with Crippen molar-refractivity contribution >= 4 is 33.9 Å². The molecule has 0 bridgehead atoms. The highest BCUT2D eigenvalue weighted by Crippen LogP contribution is 2.33. The lowest BCUT2D eigenvalue weighted by molar-refractivity contribution is -0.111. The number of aromatic nitrogens is 1. The van der Waals surface area contributed by atoms with Crippen LogP contribution in [0.4, 0.5) is 11.4 Å². The van der Waals surface area contributed by atoms with Crippen molar-refractivity contribution in [2.75, 3.05) is 18.4 Å². The molecule has 2 heterocycles. The quantitative estimate of drug-likeness (QED) is 0.168. The summed E-state index contributed by atoms with van der Waals surface area (Å²) in [6, 6.07) is 33.0. The average molecular weight is 539 g/mol. The fraction of sp³-hybridized carbons (Fsp3) is 0.143. The molecule has 0 aliphatic carbocycles. The van der Waals surface area contributed by atoms with Gasteiger partial charge in [-0.25, -0.2) is 4.99 Å². The Morgan fingerprint density at radius 1 is 0.902 bits per heavy atom. The summed E-state index contributed by atoms with van der Waals surface area (Å²) in [6.07, 6.45) is 2.54. The van der Waals surface area contributed by atoms with E-state index in [1.807, 2.05) is 78.9 Å². The van der Waals surface area contributed by atoms with Crippen LogP contribution in [0.2, 0.25) is 0 Å². The molecule has 0 saturated carbocycles. The van der Waals surface area contributed by atoms with Gasteiger partial charge in [-0.15, -0.1) is 0 Å². The number of carbonyl (C=O) groups is 1. The van der Waals surface area contributed by atoms with Gasteiger partial charge >= 0.3 is 5.91 Å². The predicted molar refractivity (Wildman–Crippen MR) is 165 cm³/mol. The van der Waals surface area contributed by atoms with E-state index in [2.05, 4.69) is 39.2 Å². The molecule has 0 radical (unpaired) electrons. The number of benzene rings is 4. The van der Waals surface area contributed by atoms with Gasteiger partial charge in [-0.3, -0.25) is 9.69 Å². The molecule has 0 spiro atoms. The lowest BCUT2D eigenvalue weighted by Gasteiger charge is -2.14. The van der Waals surface area contributed by atoms with E-state index in [1.54, 1.807) is 12.1 Å². The summed E-state index contributed by atoms with van der Waals surface area (Å²) in [5.41, 5.74) is 6.25. The number of hydrogen-bond donors (Lipinski definition) is 3. The molecule has 0 atom stereocenters. The lowest BCUT2D eigenvalue weighted by Crippen LogP contribution is -2.18. The Labute approximate surface area is 239 Å². The number of likely N-dealkylation sites (tertiary alicyclic amines) is 1. The van der Waals surface area contributed by atoms with E-state index >= 15 is 0 Å². The van der Waals surface area contributed by atoms with Crippen molar-refractivity contribution in [2.45, 2.75) is 19.4 Å². The molecule has 1 fully saturated rings. The molecule has 41 heavy (non-hydrogen) atoms. The molecule has 4 aromatic carbocycles. The van der Waals surface area contributed by atoms with Crippen LogP contribution in [-0.4, -0.2) is 39.7 Å². The Bertz CT molecular complexity index is 1760. The zero-order chi connectivity index (χ0) is 28.0. The molecule has 6 heteroatoms. The van der Waals surface area contributed by atoms with Crippen LogP contribution in [0.3, 0.4) is 0 Å². The molecule has 0 unspecified atom stereocenters. The minimum absolute atomic E-state index is 0.0144. The summed E-state index contributed by atoms with van der Waals surface area (Å²) >= 11 is 0. The molecule has 202 valence electrons. The summed E-state index contributed by atoms with van der Waals surface area (Å²) < 4.78 is 0. The van der Waals surface area contributed by atoms with Gasteiger partial charge in [-0.2, -0.15) is 0 Å². The third-order valence-corrected chi connectivity index (χ3v) is 7.20. The van der Waals surface area contributed by atoms with Gasteiger partial charge in [0.2, 0.25) is 0 Å².